The van der Waals surface area contributed by atoms with Gasteiger partial charge in [-0.15, -0.1) is 0 Å². The molecule has 100 valence electrons. The minimum atomic E-state index is -0.451. The number of amides is 1. The van der Waals surface area contributed by atoms with Gasteiger partial charge in [-0.05, 0) is 42.5 Å². The van der Waals surface area contributed by atoms with Gasteiger partial charge in [-0.3, -0.25) is 9.89 Å². The number of H-pyrrole nitrogens is 1. The number of phenolic OH excluding ortho intramolecular Hbond substituents is 1. The first-order valence-electron chi connectivity index (χ1n) is 5.87. The van der Waals surface area contributed by atoms with Crippen molar-refractivity contribution in [2.75, 3.05) is 5.32 Å². The van der Waals surface area contributed by atoms with E-state index in [4.69, 9.17) is 0 Å². The molecule has 20 heavy (non-hydrogen) atoms. The molecule has 3 N–H and O–H groups in total. The Hall–Kier alpha value is -2.89. The van der Waals surface area contributed by atoms with Crippen molar-refractivity contribution in [3.05, 3.63) is 54.0 Å². The van der Waals surface area contributed by atoms with Gasteiger partial charge in [-0.2, -0.15) is 5.10 Å². The summed E-state index contributed by atoms with van der Waals surface area (Å²) in [5.74, 6) is -0.777. The summed E-state index contributed by atoms with van der Waals surface area (Å²) in [5.41, 5.74) is 1.22. The fourth-order valence-corrected chi connectivity index (χ4v) is 1.89. The number of hydrogen-bond donors (Lipinski definition) is 3. The summed E-state index contributed by atoms with van der Waals surface area (Å²) >= 11 is 0. The lowest BCUT2D eigenvalue weighted by Gasteiger charge is -2.03. The molecular formula is C14H10FN3O2. The third-order valence-corrected chi connectivity index (χ3v) is 2.87. The molecule has 0 aliphatic heterocycles. The van der Waals surface area contributed by atoms with Crippen LogP contribution < -0.4 is 5.32 Å². The molecule has 6 heteroatoms. The molecule has 0 unspecified atom stereocenters. The smallest absolute Gasteiger partial charge is 0.276 e. The first-order chi connectivity index (χ1) is 9.63. The van der Waals surface area contributed by atoms with Crippen LogP contribution in [0.2, 0.25) is 0 Å². The lowest BCUT2D eigenvalue weighted by atomic mass is 10.2. The number of carbonyl (C=O) groups is 1. The summed E-state index contributed by atoms with van der Waals surface area (Å²) in [6.07, 6.45) is 0. The van der Waals surface area contributed by atoms with Gasteiger partial charge >= 0.3 is 0 Å². The lowest BCUT2D eigenvalue weighted by molar-refractivity contribution is 0.102. The minimum absolute atomic E-state index is 0.107. The first kappa shape index (κ1) is 12.2. The number of hydrogen-bond acceptors (Lipinski definition) is 3. The zero-order valence-corrected chi connectivity index (χ0v) is 10.2. The Balaban J connectivity index is 1.92. The minimum Gasteiger partial charge on any atom is -0.508 e. The van der Waals surface area contributed by atoms with Crippen LogP contribution >= 0.6 is 0 Å². The summed E-state index contributed by atoms with van der Waals surface area (Å²) in [6.45, 7) is 0. The third kappa shape index (κ3) is 2.18. The third-order valence-electron chi connectivity index (χ3n) is 2.87. The topological polar surface area (TPSA) is 78.0 Å². The van der Waals surface area contributed by atoms with Crippen LogP contribution in [0.1, 0.15) is 10.5 Å². The number of phenols is 1. The van der Waals surface area contributed by atoms with E-state index in [2.05, 4.69) is 15.5 Å². The lowest BCUT2D eigenvalue weighted by Crippen LogP contribution is -2.12. The molecule has 3 rings (SSSR count). The maximum atomic E-state index is 13.2. The number of benzene rings is 2. The Morgan fingerprint density at radius 3 is 2.70 bits per heavy atom. The number of anilines is 1. The van der Waals surface area contributed by atoms with Gasteiger partial charge in [0.15, 0.2) is 5.69 Å². The van der Waals surface area contributed by atoms with Crippen LogP contribution in [0.5, 0.6) is 5.75 Å². The molecule has 0 saturated carbocycles. The van der Waals surface area contributed by atoms with E-state index in [1.54, 1.807) is 12.1 Å². The molecule has 0 fully saturated rings. The molecule has 2 aromatic carbocycles. The number of halogens is 1. The second-order valence-corrected chi connectivity index (χ2v) is 4.26. The van der Waals surface area contributed by atoms with Gasteiger partial charge in [0, 0.05) is 11.1 Å². The van der Waals surface area contributed by atoms with Crippen molar-refractivity contribution in [3.63, 3.8) is 0 Å². The molecule has 3 aromatic rings. The Morgan fingerprint density at radius 2 is 1.95 bits per heavy atom. The largest absolute Gasteiger partial charge is 0.508 e. The van der Waals surface area contributed by atoms with E-state index >= 15 is 0 Å². The Labute approximate surface area is 113 Å². The Morgan fingerprint density at radius 1 is 1.20 bits per heavy atom. The highest BCUT2D eigenvalue weighted by atomic mass is 19.1. The molecule has 1 amide bonds. The summed E-state index contributed by atoms with van der Waals surface area (Å²) in [5, 5.41) is 18.8. The average molecular weight is 271 g/mol. The van der Waals surface area contributed by atoms with Gasteiger partial charge in [0.25, 0.3) is 5.91 Å². The molecule has 5 nitrogen and oxygen atoms in total. The quantitative estimate of drug-likeness (QED) is 0.627. The molecule has 1 aromatic heterocycles. The van der Waals surface area contributed by atoms with Crippen molar-refractivity contribution in [1.29, 1.82) is 0 Å². The van der Waals surface area contributed by atoms with E-state index in [9.17, 15) is 14.3 Å². The van der Waals surface area contributed by atoms with E-state index in [1.807, 2.05) is 0 Å². The maximum Gasteiger partial charge on any atom is 0.276 e. The van der Waals surface area contributed by atoms with Crippen LogP contribution in [0.4, 0.5) is 10.1 Å². The van der Waals surface area contributed by atoms with E-state index < -0.39 is 11.7 Å². The van der Waals surface area contributed by atoms with Gasteiger partial charge in [0.05, 0.1) is 5.52 Å². The monoisotopic (exact) mass is 271 g/mol. The second-order valence-electron chi connectivity index (χ2n) is 4.26. The predicted octanol–water partition coefficient (Wildman–Crippen LogP) is 2.66. The Kier molecular flexibility index (Phi) is 2.83. The summed E-state index contributed by atoms with van der Waals surface area (Å²) < 4.78 is 13.2. The van der Waals surface area contributed by atoms with Crippen molar-refractivity contribution >= 4 is 22.5 Å². The molecule has 0 aliphatic carbocycles. The van der Waals surface area contributed by atoms with E-state index in [-0.39, 0.29) is 11.4 Å². The van der Waals surface area contributed by atoms with E-state index in [0.29, 0.717) is 16.6 Å². The van der Waals surface area contributed by atoms with Crippen LogP contribution in [0, 0.1) is 5.82 Å². The van der Waals surface area contributed by atoms with Crippen LogP contribution in [0.25, 0.3) is 10.9 Å². The van der Waals surface area contributed by atoms with Crippen LogP contribution in [-0.4, -0.2) is 21.2 Å². The average Bonchev–Trinajstić information content (AvgIpc) is 2.84. The molecule has 0 radical (unpaired) electrons. The molecule has 1 heterocycles. The van der Waals surface area contributed by atoms with Crippen molar-refractivity contribution < 1.29 is 14.3 Å². The summed E-state index contributed by atoms with van der Waals surface area (Å²) in [4.78, 5) is 12.1. The number of aromatic hydroxyl groups is 1. The van der Waals surface area contributed by atoms with Crippen molar-refractivity contribution in [3.8, 4) is 5.75 Å². The fourth-order valence-electron chi connectivity index (χ4n) is 1.89. The zero-order valence-electron chi connectivity index (χ0n) is 10.2. The Bertz CT molecular complexity index is 781. The number of fused-ring (bicyclic) bond motifs is 1. The van der Waals surface area contributed by atoms with Crippen molar-refractivity contribution in [2.24, 2.45) is 0 Å². The molecule has 0 spiro atoms. The fraction of sp³-hybridized carbons (Fsp3) is 0. The number of carbonyl (C=O) groups excluding carboxylic acids is 1. The highest BCUT2D eigenvalue weighted by Crippen LogP contribution is 2.19. The highest BCUT2D eigenvalue weighted by Gasteiger charge is 2.14. The van der Waals surface area contributed by atoms with Gasteiger partial charge in [0.2, 0.25) is 0 Å². The molecule has 0 bridgehead atoms. The van der Waals surface area contributed by atoms with Gasteiger partial charge in [0.1, 0.15) is 11.6 Å². The second kappa shape index (κ2) is 4.65. The molecule has 0 atom stereocenters. The van der Waals surface area contributed by atoms with E-state index in [1.165, 1.54) is 30.3 Å². The zero-order chi connectivity index (χ0) is 14.1. The standard InChI is InChI=1S/C14H10FN3O2/c15-8-1-6-12-11(7-8)13(18-17-12)14(20)16-9-2-4-10(19)5-3-9/h1-7,19H,(H,16,20)(H,17,18). The number of nitrogens with zero attached hydrogens (tertiary/aromatic N) is 1. The van der Waals surface area contributed by atoms with Crippen LogP contribution in [0.15, 0.2) is 42.5 Å². The van der Waals surface area contributed by atoms with Crippen molar-refractivity contribution in [1.82, 2.24) is 10.2 Å². The number of aromatic nitrogens is 2. The molecule has 0 aliphatic rings. The predicted molar refractivity (Wildman–Crippen MR) is 72.1 cm³/mol. The number of aromatic amines is 1. The van der Waals surface area contributed by atoms with Gasteiger partial charge in [-0.1, -0.05) is 0 Å². The van der Waals surface area contributed by atoms with Crippen LogP contribution in [-0.2, 0) is 0 Å². The highest BCUT2D eigenvalue weighted by molar-refractivity contribution is 6.11. The van der Waals surface area contributed by atoms with E-state index in [0.717, 1.165) is 0 Å². The van der Waals surface area contributed by atoms with Crippen molar-refractivity contribution in [2.45, 2.75) is 0 Å². The molecular weight excluding hydrogens is 261 g/mol. The molecule has 0 saturated heterocycles. The summed E-state index contributed by atoms with van der Waals surface area (Å²) in [7, 11) is 0. The maximum absolute atomic E-state index is 13.2. The van der Waals surface area contributed by atoms with Crippen LogP contribution in [0.3, 0.4) is 0 Å². The normalized spacial score (nSPS) is 10.7. The number of rotatable bonds is 2. The SMILES string of the molecule is O=C(Nc1ccc(O)cc1)c1n[nH]c2ccc(F)cc12. The van der Waals surface area contributed by atoms with Gasteiger partial charge in [-0.25, -0.2) is 4.39 Å². The van der Waals surface area contributed by atoms with Gasteiger partial charge < -0.3 is 10.4 Å². The first-order valence-corrected chi connectivity index (χ1v) is 5.87. The number of nitrogens with one attached hydrogen (secondary N) is 2. The summed E-state index contributed by atoms with van der Waals surface area (Å²) in [6, 6.07) is 10.1.